The second-order valence-electron chi connectivity index (χ2n) is 9.87. The first-order valence-electron chi connectivity index (χ1n) is 12.1. The standard InChI is InChI=1S/C29H23F9O/c1-15-9-10-28(2,27(36)25(15)34)29(37,38)39-19-7-8-20(22(31)14-19)18-6-5-17(21(30)13-18)4-3-16-11-23(32)26(35)24(33)12-16/h5-8,11-15H,3-4,9-10H2,1-2H3/t15?,28-/m0/s1. The van der Waals surface area contributed by atoms with Gasteiger partial charge in [-0.05, 0) is 79.6 Å². The zero-order chi connectivity index (χ0) is 28.7. The van der Waals surface area contributed by atoms with Crippen molar-refractivity contribution in [2.75, 3.05) is 0 Å². The lowest BCUT2D eigenvalue weighted by molar-refractivity contribution is -0.252. The van der Waals surface area contributed by atoms with Crippen molar-refractivity contribution in [1.82, 2.24) is 0 Å². The van der Waals surface area contributed by atoms with E-state index in [1.807, 2.05) is 0 Å². The summed E-state index contributed by atoms with van der Waals surface area (Å²) < 4.78 is 133. The maximum absolute atomic E-state index is 14.9. The number of hydrogen-bond acceptors (Lipinski definition) is 1. The number of allylic oxidation sites excluding steroid dienone is 1. The number of halogens is 9. The molecule has 10 heteroatoms. The van der Waals surface area contributed by atoms with E-state index in [1.54, 1.807) is 0 Å². The van der Waals surface area contributed by atoms with Gasteiger partial charge in [-0.2, -0.15) is 8.78 Å². The number of hydrogen-bond donors (Lipinski definition) is 0. The smallest absolute Gasteiger partial charge is 0.409 e. The fourth-order valence-corrected chi connectivity index (χ4v) is 4.50. The average Bonchev–Trinajstić information content (AvgIpc) is 2.87. The van der Waals surface area contributed by atoms with E-state index in [9.17, 15) is 39.5 Å². The van der Waals surface area contributed by atoms with Crippen molar-refractivity contribution < 1.29 is 44.3 Å². The van der Waals surface area contributed by atoms with Crippen LogP contribution in [0, 0.1) is 40.4 Å². The summed E-state index contributed by atoms with van der Waals surface area (Å²) in [4.78, 5) is 0. The lowest BCUT2D eigenvalue weighted by Crippen LogP contribution is -2.46. The Hall–Kier alpha value is -3.43. The van der Waals surface area contributed by atoms with E-state index in [4.69, 9.17) is 0 Å². The van der Waals surface area contributed by atoms with Crippen molar-refractivity contribution in [2.24, 2.45) is 11.3 Å². The number of alkyl halides is 2. The molecule has 0 saturated heterocycles. The van der Waals surface area contributed by atoms with E-state index in [0.717, 1.165) is 37.3 Å². The number of ether oxygens (including phenoxy) is 1. The fourth-order valence-electron chi connectivity index (χ4n) is 4.50. The van der Waals surface area contributed by atoms with Crippen LogP contribution in [-0.4, -0.2) is 6.11 Å². The molecule has 0 bridgehead atoms. The normalized spacial score (nSPS) is 19.9. The molecule has 4 rings (SSSR count). The Morgan fingerprint density at radius 3 is 2.10 bits per heavy atom. The van der Waals surface area contributed by atoms with E-state index in [0.29, 0.717) is 6.07 Å². The summed E-state index contributed by atoms with van der Waals surface area (Å²) in [6.07, 6.45) is -4.62. The molecule has 0 radical (unpaired) electrons. The molecule has 1 aliphatic rings. The summed E-state index contributed by atoms with van der Waals surface area (Å²) in [7, 11) is 0. The SMILES string of the molecule is CC1CC[C@](C)(C(F)(F)Oc2ccc(-c3ccc(CCc4cc(F)c(F)c(F)c4)c(F)c3)c(F)c2)C(F)=C1F. The van der Waals surface area contributed by atoms with Crippen LogP contribution < -0.4 is 4.74 Å². The summed E-state index contributed by atoms with van der Waals surface area (Å²) in [6.45, 7) is 2.22. The predicted molar refractivity (Wildman–Crippen MR) is 127 cm³/mol. The first kappa shape index (κ1) is 28.6. The van der Waals surface area contributed by atoms with Crippen LogP contribution in [-0.2, 0) is 12.8 Å². The first-order chi connectivity index (χ1) is 18.2. The zero-order valence-electron chi connectivity index (χ0n) is 20.8. The molecule has 0 amide bonds. The van der Waals surface area contributed by atoms with E-state index in [2.05, 4.69) is 4.74 Å². The molecule has 0 heterocycles. The Morgan fingerprint density at radius 2 is 1.49 bits per heavy atom. The van der Waals surface area contributed by atoms with Gasteiger partial charge in [0, 0.05) is 17.5 Å². The molecule has 1 aliphatic carbocycles. The Labute approximate surface area is 218 Å². The molecule has 208 valence electrons. The minimum atomic E-state index is -4.20. The Bertz CT molecular complexity index is 1410. The predicted octanol–water partition coefficient (Wildman–Crippen LogP) is 9.39. The van der Waals surface area contributed by atoms with Crippen LogP contribution in [0.15, 0.2) is 60.2 Å². The topological polar surface area (TPSA) is 9.23 Å². The van der Waals surface area contributed by atoms with Crippen LogP contribution in [0.25, 0.3) is 11.1 Å². The molecule has 1 nitrogen and oxygen atoms in total. The van der Waals surface area contributed by atoms with Gasteiger partial charge in [-0.1, -0.05) is 19.1 Å². The second kappa shape index (κ2) is 10.6. The van der Waals surface area contributed by atoms with Gasteiger partial charge in [0.15, 0.2) is 17.5 Å². The lowest BCUT2D eigenvalue weighted by Gasteiger charge is -2.39. The van der Waals surface area contributed by atoms with Gasteiger partial charge in [0.1, 0.15) is 34.5 Å². The van der Waals surface area contributed by atoms with E-state index >= 15 is 0 Å². The molecule has 1 unspecified atom stereocenters. The highest BCUT2D eigenvalue weighted by Gasteiger charge is 2.59. The molecule has 2 atom stereocenters. The van der Waals surface area contributed by atoms with Gasteiger partial charge in [0.25, 0.3) is 0 Å². The minimum Gasteiger partial charge on any atom is -0.432 e. The summed E-state index contributed by atoms with van der Waals surface area (Å²) in [5.41, 5.74) is -2.41. The molecular formula is C29H23F9O. The second-order valence-corrected chi connectivity index (χ2v) is 9.87. The van der Waals surface area contributed by atoms with Crippen molar-refractivity contribution >= 4 is 0 Å². The van der Waals surface area contributed by atoms with E-state index in [-0.39, 0.29) is 41.5 Å². The quantitative estimate of drug-likeness (QED) is 0.207. The number of rotatable bonds is 7. The summed E-state index contributed by atoms with van der Waals surface area (Å²) in [5.74, 6) is -10.5. The van der Waals surface area contributed by atoms with Crippen LogP contribution in [0.2, 0.25) is 0 Å². The van der Waals surface area contributed by atoms with Crippen LogP contribution in [0.5, 0.6) is 5.75 Å². The van der Waals surface area contributed by atoms with Gasteiger partial charge in [0.05, 0.1) is 0 Å². The molecule has 39 heavy (non-hydrogen) atoms. The van der Waals surface area contributed by atoms with E-state index in [1.165, 1.54) is 19.1 Å². The lowest BCUT2D eigenvalue weighted by atomic mass is 9.75. The van der Waals surface area contributed by atoms with Crippen molar-refractivity contribution in [3.05, 3.63) is 100 Å². The van der Waals surface area contributed by atoms with Crippen LogP contribution in [0.4, 0.5) is 39.5 Å². The molecule has 0 spiro atoms. The van der Waals surface area contributed by atoms with Gasteiger partial charge >= 0.3 is 6.11 Å². The summed E-state index contributed by atoms with van der Waals surface area (Å²) in [5, 5.41) is 0. The molecular weight excluding hydrogens is 535 g/mol. The first-order valence-corrected chi connectivity index (χ1v) is 12.1. The number of aryl methyl sites for hydroxylation is 2. The van der Waals surface area contributed by atoms with Gasteiger partial charge in [0.2, 0.25) is 0 Å². The number of benzene rings is 3. The molecule has 3 aromatic carbocycles. The van der Waals surface area contributed by atoms with Crippen molar-refractivity contribution in [3.8, 4) is 16.9 Å². The van der Waals surface area contributed by atoms with Crippen LogP contribution in [0.1, 0.15) is 37.8 Å². The highest BCUT2D eigenvalue weighted by atomic mass is 19.3. The fraction of sp³-hybridized carbons (Fsp3) is 0.310. The molecule has 3 aromatic rings. The van der Waals surface area contributed by atoms with Gasteiger partial charge in [-0.15, -0.1) is 0 Å². The minimum absolute atomic E-state index is 0.00346. The third kappa shape index (κ3) is 5.51. The van der Waals surface area contributed by atoms with Gasteiger partial charge in [-0.3, -0.25) is 0 Å². The monoisotopic (exact) mass is 558 g/mol. The van der Waals surface area contributed by atoms with Crippen LogP contribution in [0.3, 0.4) is 0 Å². The van der Waals surface area contributed by atoms with Gasteiger partial charge in [-0.25, -0.2) is 30.7 Å². The molecule has 0 N–H and O–H groups in total. The molecule has 0 aliphatic heterocycles. The molecule has 0 aromatic heterocycles. The summed E-state index contributed by atoms with van der Waals surface area (Å²) in [6, 6.07) is 8.03. The molecule has 0 saturated carbocycles. The van der Waals surface area contributed by atoms with Crippen molar-refractivity contribution in [1.29, 1.82) is 0 Å². The average molecular weight is 558 g/mol. The maximum atomic E-state index is 14.9. The van der Waals surface area contributed by atoms with Crippen LogP contribution >= 0.6 is 0 Å². The highest BCUT2D eigenvalue weighted by Crippen LogP contribution is 2.53. The maximum Gasteiger partial charge on any atom is 0.409 e. The molecule has 0 fully saturated rings. The van der Waals surface area contributed by atoms with Gasteiger partial charge < -0.3 is 4.74 Å². The highest BCUT2D eigenvalue weighted by molar-refractivity contribution is 5.65. The van der Waals surface area contributed by atoms with E-state index < -0.39 is 70.4 Å². The zero-order valence-corrected chi connectivity index (χ0v) is 20.8. The summed E-state index contributed by atoms with van der Waals surface area (Å²) >= 11 is 0. The van der Waals surface area contributed by atoms with Crippen molar-refractivity contribution in [3.63, 3.8) is 0 Å². The largest absolute Gasteiger partial charge is 0.432 e. The van der Waals surface area contributed by atoms with Crippen molar-refractivity contribution in [2.45, 2.75) is 45.6 Å². The Kier molecular flexibility index (Phi) is 7.78. The Morgan fingerprint density at radius 1 is 0.821 bits per heavy atom. The third-order valence-electron chi connectivity index (χ3n) is 7.12. The Balaban J connectivity index is 1.50. The third-order valence-corrected chi connectivity index (χ3v) is 7.12.